The fourth-order valence-electron chi connectivity index (χ4n) is 2.30. The molecule has 2 aromatic rings. The van der Waals surface area contributed by atoms with Gasteiger partial charge in [-0.3, -0.25) is 0 Å². The van der Waals surface area contributed by atoms with Gasteiger partial charge in [-0.05, 0) is 0 Å². The van der Waals surface area contributed by atoms with Crippen molar-refractivity contribution in [1.82, 2.24) is 9.78 Å². The van der Waals surface area contributed by atoms with Gasteiger partial charge in [-0.25, -0.2) is 22.6 Å². The molecule has 8 heteroatoms. The monoisotopic (exact) mass is 298 g/mol. The van der Waals surface area contributed by atoms with E-state index in [9.17, 15) is 18.0 Å². The average molecular weight is 298 g/mol. The van der Waals surface area contributed by atoms with E-state index in [2.05, 4.69) is 5.10 Å². The highest BCUT2D eigenvalue weighted by Gasteiger charge is 2.27. The van der Waals surface area contributed by atoms with E-state index in [0.717, 1.165) is 10.7 Å². The van der Waals surface area contributed by atoms with Gasteiger partial charge in [-0.2, -0.15) is 5.10 Å². The Morgan fingerprint density at radius 3 is 2.81 bits per heavy atom. The zero-order valence-corrected chi connectivity index (χ0v) is 10.6. The van der Waals surface area contributed by atoms with Crippen LogP contribution in [0.2, 0.25) is 0 Å². The first kappa shape index (κ1) is 13.6. The number of nitrogens with zero attached hydrogens (tertiary/aromatic N) is 2. The third kappa shape index (κ3) is 2.17. The number of ether oxygens (including phenoxy) is 1. The second kappa shape index (κ2) is 4.88. The molecular weight excluding hydrogens is 289 g/mol. The minimum atomic E-state index is -1.36. The van der Waals surface area contributed by atoms with Gasteiger partial charge in [0.1, 0.15) is 11.5 Å². The van der Waals surface area contributed by atoms with Crippen LogP contribution >= 0.6 is 0 Å². The number of aromatic nitrogens is 2. The van der Waals surface area contributed by atoms with Gasteiger partial charge in [-0.15, -0.1) is 0 Å². The summed E-state index contributed by atoms with van der Waals surface area (Å²) in [6.07, 6.45) is 0.271. The molecule has 0 unspecified atom stereocenters. The Labute approximate surface area is 116 Å². The maximum absolute atomic E-state index is 13.9. The minimum absolute atomic E-state index is 0.0103. The normalized spacial score (nSPS) is 14.0. The average Bonchev–Trinajstić information content (AvgIpc) is 2.82. The predicted molar refractivity (Wildman–Crippen MR) is 63.8 cm³/mol. The molecule has 0 saturated heterocycles. The number of halogens is 3. The Bertz CT molecular complexity index is 743. The molecule has 1 aliphatic rings. The molecule has 110 valence electrons. The van der Waals surface area contributed by atoms with Crippen molar-refractivity contribution in [2.24, 2.45) is 0 Å². The lowest BCUT2D eigenvalue weighted by molar-refractivity contribution is 0.0677. The van der Waals surface area contributed by atoms with E-state index < -0.39 is 29.1 Å². The van der Waals surface area contributed by atoms with E-state index in [0.29, 0.717) is 11.8 Å². The van der Waals surface area contributed by atoms with E-state index in [1.807, 2.05) is 0 Å². The van der Waals surface area contributed by atoms with Gasteiger partial charge in [-0.1, -0.05) is 0 Å². The second-order valence-corrected chi connectivity index (χ2v) is 4.51. The predicted octanol–water partition coefficient (Wildman–Crippen LogP) is 2.06. The maximum atomic E-state index is 13.9. The standard InChI is InChI=1S/C13H9F3N2O3/c14-6-3-8(15)11(16)10(4-6)18-9-1-2-21-5-7(9)12(17-18)13(19)20/h3-4H,1-2,5H2,(H,19,20). The van der Waals surface area contributed by atoms with Gasteiger partial charge in [0.15, 0.2) is 17.3 Å². The molecule has 0 spiro atoms. The first-order chi connectivity index (χ1) is 9.99. The summed E-state index contributed by atoms with van der Waals surface area (Å²) in [5.41, 5.74) is -0.104. The van der Waals surface area contributed by atoms with Crippen LogP contribution in [0.15, 0.2) is 12.1 Å². The maximum Gasteiger partial charge on any atom is 0.356 e. The zero-order chi connectivity index (χ0) is 15.1. The molecule has 1 N–H and O–H groups in total. The molecule has 2 heterocycles. The summed E-state index contributed by atoms with van der Waals surface area (Å²) in [4.78, 5) is 11.2. The number of hydrogen-bond acceptors (Lipinski definition) is 3. The third-order valence-electron chi connectivity index (χ3n) is 3.22. The summed E-state index contributed by atoms with van der Waals surface area (Å²) in [5, 5.41) is 12.9. The lowest BCUT2D eigenvalue weighted by atomic mass is 10.1. The molecule has 3 rings (SSSR count). The number of fused-ring (bicyclic) bond motifs is 1. The van der Waals surface area contributed by atoms with Crippen LogP contribution < -0.4 is 0 Å². The number of benzene rings is 1. The van der Waals surface area contributed by atoms with Crippen LogP contribution in [-0.2, 0) is 17.8 Å². The van der Waals surface area contributed by atoms with Crippen LogP contribution in [-0.4, -0.2) is 27.5 Å². The molecule has 5 nitrogen and oxygen atoms in total. The van der Waals surface area contributed by atoms with Crippen molar-refractivity contribution < 1.29 is 27.8 Å². The highest BCUT2D eigenvalue weighted by molar-refractivity contribution is 5.87. The van der Waals surface area contributed by atoms with Crippen molar-refractivity contribution >= 4 is 5.97 Å². The molecule has 1 aromatic carbocycles. The van der Waals surface area contributed by atoms with Crippen molar-refractivity contribution in [1.29, 1.82) is 0 Å². The number of carboxylic acids is 1. The Morgan fingerprint density at radius 2 is 2.10 bits per heavy atom. The minimum Gasteiger partial charge on any atom is -0.476 e. The molecule has 0 aliphatic carbocycles. The smallest absolute Gasteiger partial charge is 0.356 e. The number of hydrogen-bond donors (Lipinski definition) is 1. The van der Waals surface area contributed by atoms with Gasteiger partial charge in [0.05, 0.1) is 18.9 Å². The van der Waals surface area contributed by atoms with Crippen LogP contribution in [0, 0.1) is 17.5 Å². The molecular formula is C13H9F3N2O3. The van der Waals surface area contributed by atoms with Crippen molar-refractivity contribution in [2.75, 3.05) is 6.61 Å². The van der Waals surface area contributed by atoms with E-state index in [4.69, 9.17) is 9.84 Å². The van der Waals surface area contributed by atoms with Crippen LogP contribution in [0.3, 0.4) is 0 Å². The highest BCUT2D eigenvalue weighted by Crippen LogP contribution is 2.26. The van der Waals surface area contributed by atoms with Crippen LogP contribution in [0.1, 0.15) is 21.7 Å². The Hall–Kier alpha value is -2.35. The van der Waals surface area contributed by atoms with Gasteiger partial charge in [0.2, 0.25) is 0 Å². The molecule has 0 saturated carbocycles. The second-order valence-electron chi connectivity index (χ2n) is 4.51. The summed E-state index contributed by atoms with van der Waals surface area (Å²) in [7, 11) is 0. The van der Waals surface area contributed by atoms with Gasteiger partial charge in [0, 0.05) is 24.1 Å². The van der Waals surface area contributed by atoms with E-state index in [1.54, 1.807) is 0 Å². The topological polar surface area (TPSA) is 64.3 Å². The van der Waals surface area contributed by atoms with Gasteiger partial charge >= 0.3 is 5.97 Å². The summed E-state index contributed by atoms with van der Waals surface area (Å²) in [6, 6.07) is 1.18. The molecule has 0 fully saturated rings. The molecule has 0 radical (unpaired) electrons. The van der Waals surface area contributed by atoms with E-state index in [1.165, 1.54) is 0 Å². The van der Waals surface area contributed by atoms with Crippen LogP contribution in [0.25, 0.3) is 5.69 Å². The van der Waals surface area contributed by atoms with Crippen LogP contribution in [0.5, 0.6) is 0 Å². The number of aromatic carboxylic acids is 1. The van der Waals surface area contributed by atoms with Crippen molar-refractivity contribution in [2.45, 2.75) is 13.0 Å². The summed E-state index contributed by atoms with van der Waals surface area (Å²) < 4.78 is 46.6. The van der Waals surface area contributed by atoms with Crippen LogP contribution in [0.4, 0.5) is 13.2 Å². The third-order valence-corrected chi connectivity index (χ3v) is 3.22. The molecule has 0 atom stereocenters. The van der Waals surface area contributed by atoms with Gasteiger partial charge < -0.3 is 9.84 Å². The van der Waals surface area contributed by atoms with Crippen molar-refractivity contribution in [3.05, 3.63) is 46.5 Å². The first-order valence-corrected chi connectivity index (χ1v) is 6.05. The largest absolute Gasteiger partial charge is 0.476 e. The molecule has 1 aromatic heterocycles. The quantitative estimate of drug-likeness (QED) is 0.862. The Balaban J connectivity index is 2.26. The van der Waals surface area contributed by atoms with Crippen molar-refractivity contribution in [3.8, 4) is 5.69 Å². The molecule has 0 bridgehead atoms. The van der Waals surface area contributed by atoms with E-state index in [-0.39, 0.29) is 30.9 Å². The Morgan fingerprint density at radius 1 is 1.33 bits per heavy atom. The molecule has 21 heavy (non-hydrogen) atoms. The SMILES string of the molecule is O=C(O)c1nn(-c2cc(F)cc(F)c2F)c2c1COCC2. The number of carbonyl (C=O) groups is 1. The van der Waals surface area contributed by atoms with E-state index >= 15 is 0 Å². The lowest BCUT2D eigenvalue weighted by Crippen LogP contribution is -2.14. The zero-order valence-electron chi connectivity index (χ0n) is 10.6. The van der Waals surface area contributed by atoms with Crippen molar-refractivity contribution in [3.63, 3.8) is 0 Å². The first-order valence-electron chi connectivity index (χ1n) is 6.05. The van der Waals surface area contributed by atoms with Gasteiger partial charge in [0.25, 0.3) is 0 Å². The lowest BCUT2D eigenvalue weighted by Gasteiger charge is -2.15. The fourth-order valence-corrected chi connectivity index (χ4v) is 2.30. The summed E-state index contributed by atoms with van der Waals surface area (Å²) in [6.45, 7) is 0.299. The number of carboxylic acid groups (broad SMARTS) is 1. The summed E-state index contributed by atoms with van der Waals surface area (Å²) >= 11 is 0. The molecule has 0 amide bonds. The highest BCUT2D eigenvalue weighted by atomic mass is 19.2. The number of rotatable bonds is 2. The fraction of sp³-hybridized carbons (Fsp3) is 0.231. The molecule has 1 aliphatic heterocycles. The summed E-state index contributed by atoms with van der Waals surface area (Å²) in [5.74, 6) is -4.94. The Kier molecular flexibility index (Phi) is 3.17.